The number of aryl methyl sites for hydroxylation is 3. The van der Waals surface area contributed by atoms with Crippen LogP contribution in [0.15, 0.2) is 34.8 Å². The van der Waals surface area contributed by atoms with Crippen LogP contribution in [0.2, 0.25) is 0 Å². The normalized spacial score (nSPS) is 10.7. The van der Waals surface area contributed by atoms with Crippen molar-refractivity contribution in [2.45, 2.75) is 27.3 Å². The van der Waals surface area contributed by atoms with Crippen molar-refractivity contribution < 1.29 is 4.74 Å². The Bertz CT molecular complexity index is 599. The fourth-order valence-corrected chi connectivity index (χ4v) is 2.45. The van der Waals surface area contributed by atoms with E-state index in [0.29, 0.717) is 0 Å². The van der Waals surface area contributed by atoms with Gasteiger partial charge in [0.2, 0.25) is 0 Å². The predicted molar refractivity (Wildman–Crippen MR) is 87.6 cm³/mol. The molecule has 3 heteroatoms. The molecule has 0 aromatic heterocycles. The van der Waals surface area contributed by atoms with Crippen LogP contribution in [0.4, 0.5) is 0 Å². The van der Waals surface area contributed by atoms with Gasteiger partial charge in [0.05, 0.1) is 0 Å². The number of rotatable bonds is 4. The van der Waals surface area contributed by atoms with Crippen LogP contribution in [0.3, 0.4) is 0 Å². The Labute approximate surface area is 129 Å². The summed E-state index contributed by atoms with van der Waals surface area (Å²) in [5.74, 6) is 1.76. The highest BCUT2D eigenvalue weighted by atomic mass is 79.9. The third kappa shape index (κ3) is 3.41. The molecule has 0 aliphatic heterocycles. The average Bonchev–Trinajstić information content (AvgIpc) is 2.39. The van der Waals surface area contributed by atoms with Crippen LogP contribution >= 0.6 is 15.9 Å². The number of nitrogens with one attached hydrogen (secondary N) is 1. The second-order valence-electron chi connectivity index (χ2n) is 5.09. The zero-order chi connectivity index (χ0) is 14.7. The van der Waals surface area contributed by atoms with E-state index in [9.17, 15) is 0 Å². The van der Waals surface area contributed by atoms with Crippen molar-refractivity contribution in [2.75, 3.05) is 7.05 Å². The summed E-state index contributed by atoms with van der Waals surface area (Å²) >= 11 is 3.57. The highest BCUT2D eigenvalue weighted by Crippen LogP contribution is 2.30. The smallest absolute Gasteiger partial charge is 0.128 e. The van der Waals surface area contributed by atoms with Gasteiger partial charge in [-0.1, -0.05) is 22.0 Å². The first-order valence-electron chi connectivity index (χ1n) is 6.70. The summed E-state index contributed by atoms with van der Waals surface area (Å²) in [5.41, 5.74) is 4.90. The third-order valence-electron chi connectivity index (χ3n) is 3.33. The van der Waals surface area contributed by atoms with E-state index in [1.54, 1.807) is 0 Å². The van der Waals surface area contributed by atoms with Gasteiger partial charge in [-0.15, -0.1) is 0 Å². The van der Waals surface area contributed by atoms with Gasteiger partial charge in [-0.05, 0) is 74.3 Å². The first-order valence-corrected chi connectivity index (χ1v) is 7.49. The van der Waals surface area contributed by atoms with Gasteiger partial charge in [0.1, 0.15) is 11.5 Å². The van der Waals surface area contributed by atoms with Crippen LogP contribution in [-0.2, 0) is 6.54 Å². The fraction of sp³-hybridized carbons (Fsp3) is 0.294. The lowest BCUT2D eigenvalue weighted by molar-refractivity contribution is 0.481. The molecule has 106 valence electrons. The lowest BCUT2D eigenvalue weighted by Crippen LogP contribution is -2.06. The number of ether oxygens (including phenoxy) is 1. The first kappa shape index (κ1) is 15.1. The van der Waals surface area contributed by atoms with Crippen LogP contribution in [-0.4, -0.2) is 7.05 Å². The first-order chi connectivity index (χ1) is 9.51. The molecule has 2 rings (SSSR count). The minimum Gasteiger partial charge on any atom is -0.457 e. The van der Waals surface area contributed by atoms with Crippen molar-refractivity contribution >= 4 is 15.9 Å². The summed E-state index contributed by atoms with van der Waals surface area (Å²) in [5, 5.41) is 3.17. The quantitative estimate of drug-likeness (QED) is 0.860. The van der Waals surface area contributed by atoms with Gasteiger partial charge in [-0.3, -0.25) is 0 Å². The SMILES string of the molecule is CNCc1ccc(Oc2cc(C)c(Br)c(C)c2)cc1C. The summed E-state index contributed by atoms with van der Waals surface area (Å²) < 4.78 is 7.11. The van der Waals surface area contributed by atoms with E-state index in [0.717, 1.165) is 22.5 Å². The van der Waals surface area contributed by atoms with Crippen LogP contribution in [0.1, 0.15) is 22.3 Å². The van der Waals surface area contributed by atoms with Crippen molar-refractivity contribution in [3.05, 3.63) is 57.1 Å². The van der Waals surface area contributed by atoms with Crippen molar-refractivity contribution in [3.63, 3.8) is 0 Å². The topological polar surface area (TPSA) is 21.3 Å². The van der Waals surface area contributed by atoms with Crippen LogP contribution < -0.4 is 10.1 Å². The van der Waals surface area contributed by atoms with Gasteiger partial charge < -0.3 is 10.1 Å². The fourth-order valence-electron chi connectivity index (χ4n) is 2.22. The molecule has 0 bridgehead atoms. The molecule has 1 N–H and O–H groups in total. The summed E-state index contributed by atoms with van der Waals surface area (Å²) in [6, 6.07) is 10.3. The molecular weight excluding hydrogens is 314 g/mol. The van der Waals surface area contributed by atoms with Crippen molar-refractivity contribution in [3.8, 4) is 11.5 Å². The minimum atomic E-state index is 0.878. The Morgan fingerprint density at radius 2 is 1.55 bits per heavy atom. The maximum atomic E-state index is 5.97. The number of halogens is 1. The Kier molecular flexibility index (Phi) is 4.84. The number of benzene rings is 2. The molecule has 0 saturated heterocycles. The van der Waals surface area contributed by atoms with E-state index < -0.39 is 0 Å². The van der Waals surface area contributed by atoms with Crippen molar-refractivity contribution in [1.82, 2.24) is 5.32 Å². The second kappa shape index (κ2) is 6.42. The zero-order valence-corrected chi connectivity index (χ0v) is 14.0. The Morgan fingerprint density at radius 1 is 0.950 bits per heavy atom. The Hall–Kier alpha value is -1.32. The molecule has 0 aliphatic rings. The highest BCUT2D eigenvalue weighted by Gasteiger charge is 2.05. The highest BCUT2D eigenvalue weighted by molar-refractivity contribution is 9.10. The van der Waals surface area contributed by atoms with E-state index in [1.165, 1.54) is 22.3 Å². The molecule has 0 amide bonds. The van der Waals surface area contributed by atoms with E-state index in [-0.39, 0.29) is 0 Å². The third-order valence-corrected chi connectivity index (χ3v) is 4.58. The van der Waals surface area contributed by atoms with Gasteiger partial charge >= 0.3 is 0 Å². The van der Waals surface area contributed by atoms with Gasteiger partial charge in [0, 0.05) is 11.0 Å². The van der Waals surface area contributed by atoms with Crippen LogP contribution in [0.5, 0.6) is 11.5 Å². The van der Waals surface area contributed by atoms with Crippen LogP contribution in [0.25, 0.3) is 0 Å². The Morgan fingerprint density at radius 3 is 2.10 bits per heavy atom. The average molecular weight is 334 g/mol. The summed E-state index contributed by atoms with van der Waals surface area (Å²) in [7, 11) is 1.96. The van der Waals surface area contributed by atoms with E-state index in [2.05, 4.69) is 54.2 Å². The largest absolute Gasteiger partial charge is 0.457 e. The standard InChI is InChI=1S/C17H20BrNO/c1-11-7-15(6-5-14(11)10-19-4)20-16-8-12(2)17(18)13(3)9-16/h5-9,19H,10H2,1-4H3. The van der Waals surface area contributed by atoms with E-state index in [4.69, 9.17) is 4.74 Å². The summed E-state index contributed by atoms with van der Waals surface area (Å²) in [6.45, 7) is 7.14. The maximum Gasteiger partial charge on any atom is 0.128 e. The van der Waals surface area contributed by atoms with Gasteiger partial charge in [-0.25, -0.2) is 0 Å². The van der Waals surface area contributed by atoms with Crippen LogP contribution in [0, 0.1) is 20.8 Å². The molecule has 0 unspecified atom stereocenters. The molecule has 20 heavy (non-hydrogen) atoms. The molecule has 2 nitrogen and oxygen atoms in total. The van der Waals surface area contributed by atoms with Crippen molar-refractivity contribution in [2.24, 2.45) is 0 Å². The molecular formula is C17H20BrNO. The summed E-state index contributed by atoms with van der Waals surface area (Å²) in [4.78, 5) is 0. The molecule has 0 aliphatic carbocycles. The maximum absolute atomic E-state index is 5.97. The molecule has 0 heterocycles. The molecule has 0 atom stereocenters. The molecule has 2 aromatic carbocycles. The van der Waals surface area contributed by atoms with Gasteiger partial charge in [0.25, 0.3) is 0 Å². The Balaban J connectivity index is 2.24. The lowest BCUT2D eigenvalue weighted by Gasteiger charge is -2.12. The number of hydrogen-bond donors (Lipinski definition) is 1. The summed E-state index contributed by atoms with van der Waals surface area (Å²) in [6.07, 6.45) is 0. The molecule has 0 fully saturated rings. The minimum absolute atomic E-state index is 0.878. The van der Waals surface area contributed by atoms with E-state index >= 15 is 0 Å². The predicted octanol–water partition coefficient (Wildman–Crippen LogP) is 4.89. The zero-order valence-electron chi connectivity index (χ0n) is 12.4. The van der Waals surface area contributed by atoms with Crippen molar-refractivity contribution in [1.29, 1.82) is 0 Å². The number of hydrogen-bond acceptors (Lipinski definition) is 2. The second-order valence-corrected chi connectivity index (χ2v) is 5.88. The molecule has 2 aromatic rings. The molecule has 0 spiro atoms. The van der Waals surface area contributed by atoms with Gasteiger partial charge in [-0.2, -0.15) is 0 Å². The lowest BCUT2D eigenvalue weighted by atomic mass is 10.1. The monoisotopic (exact) mass is 333 g/mol. The molecule has 0 saturated carbocycles. The van der Waals surface area contributed by atoms with E-state index in [1.807, 2.05) is 25.2 Å². The molecule has 0 radical (unpaired) electrons. The van der Waals surface area contributed by atoms with Gasteiger partial charge in [0.15, 0.2) is 0 Å².